The van der Waals surface area contributed by atoms with Gasteiger partial charge in [-0.05, 0) is 42.3 Å². The lowest BCUT2D eigenvalue weighted by molar-refractivity contribution is -0.121. The zero-order chi connectivity index (χ0) is 20.2. The molecule has 146 valence electrons. The monoisotopic (exact) mass is 389 g/mol. The predicted octanol–water partition coefficient (Wildman–Crippen LogP) is 4.60. The molecule has 4 rings (SSSR count). The van der Waals surface area contributed by atoms with Crippen molar-refractivity contribution in [3.63, 3.8) is 0 Å². The minimum absolute atomic E-state index is 0.101. The molecule has 0 bridgehead atoms. The fourth-order valence-corrected chi connectivity index (χ4v) is 3.11. The highest BCUT2D eigenvalue weighted by atomic mass is 19.1. The summed E-state index contributed by atoms with van der Waals surface area (Å²) in [5.74, 6) is -0.181. The lowest BCUT2D eigenvalue weighted by Gasteiger charge is -2.09. The highest BCUT2D eigenvalue weighted by Crippen LogP contribution is 2.29. The standard InChI is InChI=1S/C23H20FN3O2/c1-16-10-11-27-20(12-16)25-22(18-8-5-9-19(24)13-18)23(27)26-21(28)15-29-14-17-6-3-2-4-7-17/h2-13H,14-15H2,1H3,(H,26,28). The molecule has 1 N–H and O–H groups in total. The van der Waals surface area contributed by atoms with E-state index in [1.165, 1.54) is 12.1 Å². The second kappa shape index (κ2) is 8.24. The third-order valence-corrected chi connectivity index (χ3v) is 4.48. The first-order valence-corrected chi connectivity index (χ1v) is 9.26. The average molecular weight is 389 g/mol. The van der Waals surface area contributed by atoms with Crippen LogP contribution in [0.15, 0.2) is 72.9 Å². The summed E-state index contributed by atoms with van der Waals surface area (Å²) in [6, 6.07) is 19.6. The molecule has 0 aliphatic heterocycles. The van der Waals surface area contributed by atoms with E-state index in [0.717, 1.165) is 11.1 Å². The second-order valence-corrected chi connectivity index (χ2v) is 6.78. The van der Waals surface area contributed by atoms with Gasteiger partial charge >= 0.3 is 0 Å². The van der Waals surface area contributed by atoms with Crippen molar-refractivity contribution in [2.24, 2.45) is 0 Å². The Morgan fingerprint density at radius 3 is 2.72 bits per heavy atom. The van der Waals surface area contributed by atoms with Crippen LogP contribution in [0.25, 0.3) is 16.9 Å². The van der Waals surface area contributed by atoms with E-state index in [-0.39, 0.29) is 18.3 Å². The predicted molar refractivity (Wildman–Crippen MR) is 110 cm³/mol. The van der Waals surface area contributed by atoms with Gasteiger partial charge in [0.2, 0.25) is 0 Å². The highest BCUT2D eigenvalue weighted by Gasteiger charge is 2.17. The van der Waals surface area contributed by atoms with E-state index < -0.39 is 0 Å². The van der Waals surface area contributed by atoms with Crippen LogP contribution >= 0.6 is 0 Å². The van der Waals surface area contributed by atoms with Gasteiger partial charge in [0, 0.05) is 11.8 Å². The first-order chi connectivity index (χ1) is 14.1. The van der Waals surface area contributed by atoms with Crippen LogP contribution in [0, 0.1) is 12.7 Å². The smallest absolute Gasteiger partial charge is 0.251 e. The molecular formula is C23H20FN3O2. The Morgan fingerprint density at radius 1 is 1.10 bits per heavy atom. The number of carbonyl (C=O) groups excluding carboxylic acids is 1. The number of hydrogen-bond donors (Lipinski definition) is 1. The number of aromatic nitrogens is 2. The molecule has 0 radical (unpaired) electrons. The number of benzene rings is 2. The molecule has 29 heavy (non-hydrogen) atoms. The number of ether oxygens (including phenoxy) is 1. The Bertz CT molecular complexity index is 1160. The molecule has 0 saturated heterocycles. The van der Waals surface area contributed by atoms with Crippen molar-refractivity contribution in [2.45, 2.75) is 13.5 Å². The molecule has 1 amide bonds. The largest absolute Gasteiger partial charge is 0.367 e. The molecule has 0 atom stereocenters. The van der Waals surface area contributed by atoms with Crippen LogP contribution in [0.4, 0.5) is 10.2 Å². The van der Waals surface area contributed by atoms with Crippen LogP contribution in [0.5, 0.6) is 0 Å². The van der Waals surface area contributed by atoms with Gasteiger partial charge in [0.25, 0.3) is 5.91 Å². The SMILES string of the molecule is Cc1ccn2c(NC(=O)COCc3ccccc3)c(-c3cccc(F)c3)nc2c1. The molecule has 0 saturated carbocycles. The number of pyridine rings is 1. The first-order valence-electron chi connectivity index (χ1n) is 9.26. The van der Waals surface area contributed by atoms with E-state index in [0.29, 0.717) is 29.3 Å². The molecule has 2 aromatic heterocycles. The number of hydrogen-bond acceptors (Lipinski definition) is 3. The van der Waals surface area contributed by atoms with Crippen LogP contribution < -0.4 is 5.32 Å². The van der Waals surface area contributed by atoms with Gasteiger partial charge in [-0.15, -0.1) is 0 Å². The van der Waals surface area contributed by atoms with Crippen molar-refractivity contribution >= 4 is 17.4 Å². The summed E-state index contributed by atoms with van der Waals surface area (Å²) in [5, 5.41) is 2.87. The minimum Gasteiger partial charge on any atom is -0.367 e. The third-order valence-electron chi connectivity index (χ3n) is 4.48. The number of anilines is 1. The average Bonchev–Trinajstić information content (AvgIpc) is 3.06. The van der Waals surface area contributed by atoms with Gasteiger partial charge in [-0.25, -0.2) is 9.37 Å². The number of fused-ring (bicyclic) bond motifs is 1. The zero-order valence-electron chi connectivity index (χ0n) is 15.9. The Kier molecular flexibility index (Phi) is 5.35. The van der Waals surface area contributed by atoms with Crippen molar-refractivity contribution in [3.8, 4) is 11.3 Å². The Hall–Kier alpha value is -3.51. The second-order valence-electron chi connectivity index (χ2n) is 6.78. The zero-order valence-corrected chi connectivity index (χ0v) is 15.9. The molecule has 6 heteroatoms. The fraction of sp³-hybridized carbons (Fsp3) is 0.130. The lowest BCUT2D eigenvalue weighted by Crippen LogP contribution is -2.19. The number of nitrogens with zero attached hydrogens (tertiary/aromatic N) is 2. The summed E-state index contributed by atoms with van der Waals surface area (Å²) in [5.41, 5.74) is 3.80. The van der Waals surface area contributed by atoms with E-state index in [4.69, 9.17) is 4.74 Å². The maximum atomic E-state index is 13.8. The Labute approximate surface area is 167 Å². The van der Waals surface area contributed by atoms with Crippen LogP contribution in [0.1, 0.15) is 11.1 Å². The summed E-state index contributed by atoms with van der Waals surface area (Å²) in [6.07, 6.45) is 1.83. The van der Waals surface area contributed by atoms with Crippen molar-refractivity contribution < 1.29 is 13.9 Å². The van der Waals surface area contributed by atoms with Crippen molar-refractivity contribution in [2.75, 3.05) is 11.9 Å². The van der Waals surface area contributed by atoms with Crippen LogP contribution in [0.3, 0.4) is 0 Å². The van der Waals surface area contributed by atoms with Gasteiger partial charge in [0.1, 0.15) is 29.6 Å². The summed E-state index contributed by atoms with van der Waals surface area (Å²) in [4.78, 5) is 17.1. The summed E-state index contributed by atoms with van der Waals surface area (Å²) in [7, 11) is 0. The molecule has 2 aromatic carbocycles. The molecule has 0 unspecified atom stereocenters. The summed E-state index contributed by atoms with van der Waals surface area (Å²) in [6.45, 7) is 2.21. The number of aryl methyl sites for hydroxylation is 1. The number of imidazole rings is 1. The summed E-state index contributed by atoms with van der Waals surface area (Å²) < 4.78 is 21.1. The van der Waals surface area contributed by atoms with Crippen LogP contribution in [0.2, 0.25) is 0 Å². The molecule has 5 nitrogen and oxygen atoms in total. The quantitative estimate of drug-likeness (QED) is 0.524. The maximum Gasteiger partial charge on any atom is 0.251 e. The van der Waals surface area contributed by atoms with Gasteiger partial charge < -0.3 is 10.1 Å². The maximum absolute atomic E-state index is 13.8. The fourth-order valence-electron chi connectivity index (χ4n) is 3.11. The van der Waals surface area contributed by atoms with E-state index in [9.17, 15) is 9.18 Å². The van der Waals surface area contributed by atoms with Crippen molar-refractivity contribution in [3.05, 3.63) is 89.9 Å². The number of nitrogens with one attached hydrogen (secondary N) is 1. The molecule has 0 fully saturated rings. The van der Waals surface area contributed by atoms with E-state index >= 15 is 0 Å². The van der Waals surface area contributed by atoms with Gasteiger partial charge in [-0.3, -0.25) is 9.20 Å². The minimum atomic E-state index is -0.362. The van der Waals surface area contributed by atoms with E-state index in [1.807, 2.05) is 55.6 Å². The summed E-state index contributed by atoms with van der Waals surface area (Å²) >= 11 is 0. The highest BCUT2D eigenvalue weighted by molar-refractivity contribution is 5.95. The topological polar surface area (TPSA) is 55.6 Å². The Balaban J connectivity index is 1.58. The molecule has 4 aromatic rings. The van der Waals surface area contributed by atoms with E-state index in [2.05, 4.69) is 10.3 Å². The molecular weight excluding hydrogens is 369 g/mol. The van der Waals surface area contributed by atoms with Gasteiger partial charge in [-0.1, -0.05) is 42.5 Å². The molecule has 0 aliphatic rings. The van der Waals surface area contributed by atoms with Crippen LogP contribution in [-0.4, -0.2) is 21.9 Å². The molecule has 0 spiro atoms. The van der Waals surface area contributed by atoms with Gasteiger partial charge in [-0.2, -0.15) is 0 Å². The van der Waals surface area contributed by atoms with Crippen molar-refractivity contribution in [1.29, 1.82) is 0 Å². The number of carbonyl (C=O) groups is 1. The van der Waals surface area contributed by atoms with E-state index in [1.54, 1.807) is 16.5 Å². The Morgan fingerprint density at radius 2 is 1.93 bits per heavy atom. The van der Waals surface area contributed by atoms with Gasteiger partial charge in [0.15, 0.2) is 0 Å². The van der Waals surface area contributed by atoms with Gasteiger partial charge in [0.05, 0.1) is 6.61 Å². The molecule has 2 heterocycles. The normalized spacial score (nSPS) is 11.0. The first kappa shape index (κ1) is 18.8. The molecule has 0 aliphatic carbocycles. The lowest BCUT2D eigenvalue weighted by atomic mass is 10.1. The van der Waals surface area contributed by atoms with Crippen LogP contribution in [-0.2, 0) is 16.1 Å². The number of rotatable bonds is 6. The third kappa shape index (κ3) is 4.33. The number of halogens is 1. The number of amides is 1. The van der Waals surface area contributed by atoms with Crippen molar-refractivity contribution in [1.82, 2.24) is 9.38 Å².